The van der Waals surface area contributed by atoms with Crippen LogP contribution in [0.2, 0.25) is 0 Å². The highest BCUT2D eigenvalue weighted by atomic mass is 16.6. The van der Waals surface area contributed by atoms with Crippen LogP contribution in [0, 0.1) is 6.92 Å². The molecule has 1 aliphatic heterocycles. The molecule has 1 aliphatic rings. The monoisotopic (exact) mass is 824 g/mol. The smallest absolute Gasteiger partial charge is 0.303 e. The van der Waals surface area contributed by atoms with Gasteiger partial charge in [0.25, 0.3) is 0 Å². The molecular formula is C45H56N6O9. The second-order valence-corrected chi connectivity index (χ2v) is 14.5. The molecule has 2 heterocycles. The van der Waals surface area contributed by atoms with Gasteiger partial charge in [0, 0.05) is 54.9 Å². The van der Waals surface area contributed by atoms with E-state index < -0.39 is 17.9 Å². The lowest BCUT2D eigenvalue weighted by Gasteiger charge is -2.25. The lowest BCUT2D eigenvalue weighted by molar-refractivity contribution is -0.139. The maximum atomic E-state index is 13.7. The molecule has 0 spiro atoms. The Labute approximate surface area is 350 Å². The molecule has 320 valence electrons. The molecule has 0 unspecified atom stereocenters. The molecule has 2 atom stereocenters. The average molecular weight is 825 g/mol. The van der Waals surface area contributed by atoms with Crippen LogP contribution in [0.25, 0.3) is 32.3 Å². The zero-order valence-corrected chi connectivity index (χ0v) is 34.3. The Morgan fingerprint density at radius 2 is 1.57 bits per heavy atom. The van der Waals surface area contributed by atoms with Gasteiger partial charge in [-0.2, -0.15) is 0 Å². The number of Topliss-reactive ketones (excluding diaryl/α,β-unsaturated/α-hetero) is 1. The predicted octanol–water partition coefficient (Wildman–Crippen LogP) is 7.37. The fourth-order valence-corrected chi connectivity index (χ4v) is 7.24. The number of ketones is 1. The summed E-state index contributed by atoms with van der Waals surface area (Å²) in [5.74, 6) is -0.152. The summed E-state index contributed by atoms with van der Waals surface area (Å²) < 4.78 is 28.0. The summed E-state index contributed by atoms with van der Waals surface area (Å²) in [5, 5.41) is 18.4. The van der Waals surface area contributed by atoms with Gasteiger partial charge in [0.05, 0.1) is 65.3 Å². The third-order valence-electron chi connectivity index (χ3n) is 10.2. The number of ether oxygens (including phenoxy) is 5. The van der Waals surface area contributed by atoms with Gasteiger partial charge in [0.2, 0.25) is 5.91 Å². The Bertz CT molecular complexity index is 2020. The molecule has 0 radical (unpaired) electrons. The highest BCUT2D eigenvalue weighted by molar-refractivity contribution is 6.00. The molecule has 1 aromatic heterocycles. The van der Waals surface area contributed by atoms with Gasteiger partial charge in [-0.3, -0.25) is 14.4 Å². The average Bonchev–Trinajstić information content (AvgIpc) is 3.76. The van der Waals surface area contributed by atoms with Crippen molar-refractivity contribution in [3.63, 3.8) is 0 Å². The fourth-order valence-electron chi connectivity index (χ4n) is 7.24. The molecule has 15 nitrogen and oxygen atoms in total. The minimum atomic E-state index is -0.978. The van der Waals surface area contributed by atoms with Gasteiger partial charge in [0.1, 0.15) is 18.2 Å². The van der Waals surface area contributed by atoms with Gasteiger partial charge in [-0.1, -0.05) is 59.7 Å². The molecule has 4 aromatic rings. The highest BCUT2D eigenvalue weighted by Gasteiger charge is 2.35. The number of hydrogen-bond donors (Lipinski definition) is 2. The van der Waals surface area contributed by atoms with Crippen LogP contribution in [0.3, 0.4) is 0 Å². The number of aryl methyl sites for hydroxylation is 1. The summed E-state index contributed by atoms with van der Waals surface area (Å²) in [4.78, 5) is 47.6. The minimum Gasteiger partial charge on any atom is -0.491 e. The minimum absolute atomic E-state index is 0.0431. The van der Waals surface area contributed by atoms with Gasteiger partial charge in [-0.05, 0) is 77.6 Å². The molecule has 15 heteroatoms. The molecule has 1 saturated heterocycles. The number of likely N-dealkylation sites (tertiary alicyclic amines) is 1. The molecule has 1 fully saturated rings. The van der Waals surface area contributed by atoms with Crippen molar-refractivity contribution in [2.45, 2.75) is 57.4 Å². The number of pyridine rings is 1. The molecular weight excluding hydrogens is 769 g/mol. The molecule has 5 rings (SSSR count). The third-order valence-corrected chi connectivity index (χ3v) is 10.2. The number of amides is 1. The number of carboxylic acids is 1. The van der Waals surface area contributed by atoms with Crippen LogP contribution in [0.4, 0.5) is 5.82 Å². The van der Waals surface area contributed by atoms with Crippen LogP contribution in [-0.2, 0) is 33.3 Å². The summed E-state index contributed by atoms with van der Waals surface area (Å²) in [6.07, 6.45) is 3.85. The number of nitrogens with zero attached hydrogens (tertiary/aromatic N) is 5. The first-order valence-corrected chi connectivity index (χ1v) is 20.6. The SMILES string of the molecule is Cc1ccnc(NCCCC(=O)N2CCC[C@H]2C(=O)C[C@@H](CC(=O)O)c2ccc(-c3ccc(OCCOCCOCCOCCOCCN=[N+]=[N-])c4ccccc34)cc2)c1. The number of fused-ring (bicyclic) bond motifs is 1. The molecule has 0 saturated carbocycles. The van der Waals surface area contributed by atoms with Crippen molar-refractivity contribution < 1.29 is 43.2 Å². The van der Waals surface area contributed by atoms with E-state index in [1.54, 1.807) is 11.1 Å². The predicted molar refractivity (Wildman–Crippen MR) is 228 cm³/mol. The first-order valence-electron chi connectivity index (χ1n) is 20.6. The maximum absolute atomic E-state index is 13.7. The molecule has 60 heavy (non-hydrogen) atoms. The van der Waals surface area contributed by atoms with Crippen LogP contribution in [-0.4, -0.2) is 118 Å². The van der Waals surface area contributed by atoms with Gasteiger partial charge < -0.3 is 39.0 Å². The van der Waals surface area contributed by atoms with E-state index in [0.29, 0.717) is 98.4 Å². The van der Waals surface area contributed by atoms with Crippen molar-refractivity contribution in [3.8, 4) is 16.9 Å². The number of hydrogen-bond acceptors (Lipinski definition) is 11. The molecule has 1 amide bonds. The van der Waals surface area contributed by atoms with Crippen molar-refractivity contribution >= 4 is 34.3 Å². The van der Waals surface area contributed by atoms with Crippen LogP contribution in [0.1, 0.15) is 55.6 Å². The number of benzene rings is 3. The number of carboxylic acid groups (broad SMARTS) is 1. The van der Waals surface area contributed by atoms with E-state index >= 15 is 0 Å². The summed E-state index contributed by atoms with van der Waals surface area (Å²) in [6.45, 7) is 7.16. The van der Waals surface area contributed by atoms with Gasteiger partial charge >= 0.3 is 5.97 Å². The zero-order chi connectivity index (χ0) is 42.4. The number of aliphatic carboxylic acids is 1. The van der Waals surface area contributed by atoms with Crippen LogP contribution in [0.5, 0.6) is 5.75 Å². The summed E-state index contributed by atoms with van der Waals surface area (Å²) >= 11 is 0. The van der Waals surface area contributed by atoms with E-state index in [-0.39, 0.29) is 24.5 Å². The number of azide groups is 1. The summed E-state index contributed by atoms with van der Waals surface area (Å²) in [6, 6.07) is 23.0. The molecule has 3 aromatic carbocycles. The van der Waals surface area contributed by atoms with Gasteiger partial charge in [-0.25, -0.2) is 4.98 Å². The molecule has 0 aliphatic carbocycles. The standard InChI is InChI=1S/C45H56N6O9/c1-33-16-18-48-43(30-33)47-17-4-9-44(53)51-20-5-8-40(51)41(52)31-36(32-45(54)55)34-10-12-35(13-11-34)37-14-15-42(39-7-3-2-6-38(37)39)60-29-28-59-27-26-58-25-24-57-23-22-56-21-19-49-50-46/h2-3,6-7,10-16,18,30,36,40H,4-5,8-9,17,19-29,31-32H2,1H3,(H,47,48)(H,54,55)/t36-,40-/m0/s1. The van der Waals surface area contributed by atoms with Crippen LogP contribution >= 0.6 is 0 Å². The Balaban J connectivity index is 1.08. The largest absolute Gasteiger partial charge is 0.491 e. The van der Waals surface area contributed by atoms with Crippen molar-refractivity contribution in [1.29, 1.82) is 0 Å². The molecule has 0 bridgehead atoms. The topological polar surface area (TPSA) is 195 Å². The van der Waals surface area contributed by atoms with Crippen molar-refractivity contribution in [2.24, 2.45) is 5.11 Å². The second kappa shape index (κ2) is 25.1. The van der Waals surface area contributed by atoms with E-state index in [9.17, 15) is 19.5 Å². The highest BCUT2D eigenvalue weighted by Crippen LogP contribution is 2.36. The zero-order valence-electron chi connectivity index (χ0n) is 34.3. The van der Waals surface area contributed by atoms with Crippen molar-refractivity contribution in [1.82, 2.24) is 9.88 Å². The number of aromatic nitrogens is 1. The van der Waals surface area contributed by atoms with E-state index in [0.717, 1.165) is 51.0 Å². The quantitative estimate of drug-likeness (QED) is 0.0251. The summed E-state index contributed by atoms with van der Waals surface area (Å²) in [5.41, 5.74) is 12.0. The number of rotatable bonds is 28. The number of carbonyl (C=O) groups excluding carboxylic acids is 2. The van der Waals surface area contributed by atoms with E-state index in [2.05, 4.69) is 20.3 Å². The van der Waals surface area contributed by atoms with Gasteiger partial charge in [-0.15, -0.1) is 0 Å². The van der Waals surface area contributed by atoms with Crippen molar-refractivity contribution in [2.75, 3.05) is 84.4 Å². The third kappa shape index (κ3) is 14.6. The number of carbonyl (C=O) groups is 3. The number of anilines is 1. The van der Waals surface area contributed by atoms with E-state index in [1.165, 1.54) is 0 Å². The van der Waals surface area contributed by atoms with E-state index in [4.69, 9.17) is 29.2 Å². The summed E-state index contributed by atoms with van der Waals surface area (Å²) in [7, 11) is 0. The van der Waals surface area contributed by atoms with Gasteiger partial charge in [0.15, 0.2) is 5.78 Å². The van der Waals surface area contributed by atoms with Crippen LogP contribution in [0.15, 0.2) is 84.1 Å². The lowest BCUT2D eigenvalue weighted by atomic mass is 9.87. The first kappa shape index (κ1) is 45.5. The normalized spacial score (nSPS) is 14.2. The second-order valence-electron chi connectivity index (χ2n) is 14.5. The first-order chi connectivity index (χ1) is 29.3. The van der Waals surface area contributed by atoms with Crippen LogP contribution < -0.4 is 10.1 Å². The lowest BCUT2D eigenvalue weighted by Crippen LogP contribution is -2.41. The molecule has 2 N–H and O–H groups in total. The van der Waals surface area contributed by atoms with E-state index in [1.807, 2.05) is 79.7 Å². The fraction of sp³-hybridized carbons (Fsp3) is 0.467. The number of nitrogens with one attached hydrogen (secondary N) is 1. The Kier molecular flexibility index (Phi) is 19.1. The maximum Gasteiger partial charge on any atom is 0.303 e. The Hall–Kier alpha value is -5.57. The van der Waals surface area contributed by atoms with Crippen molar-refractivity contribution in [3.05, 3.63) is 101 Å². The Morgan fingerprint density at radius 3 is 2.25 bits per heavy atom. The Morgan fingerprint density at radius 1 is 0.883 bits per heavy atom.